The fourth-order valence-electron chi connectivity index (χ4n) is 2.52. The zero-order chi connectivity index (χ0) is 14.2. The van der Waals surface area contributed by atoms with E-state index in [1.54, 1.807) is 11.8 Å². The van der Waals surface area contributed by atoms with E-state index < -0.39 is 5.60 Å². The first-order valence-electron chi connectivity index (χ1n) is 6.83. The van der Waals surface area contributed by atoms with Gasteiger partial charge in [0.25, 0.3) is 5.91 Å². The Morgan fingerprint density at radius 2 is 2.35 bits per heavy atom. The molecule has 0 bridgehead atoms. The number of anilines is 1. The van der Waals surface area contributed by atoms with Crippen molar-refractivity contribution in [1.29, 1.82) is 0 Å². The minimum Gasteiger partial charge on any atom is -0.379 e. The molecule has 106 valence electrons. The predicted molar refractivity (Wildman–Crippen MR) is 83.1 cm³/mol. The van der Waals surface area contributed by atoms with Crippen molar-refractivity contribution in [3.05, 3.63) is 30.5 Å². The maximum Gasteiger partial charge on any atom is 0.257 e. The van der Waals surface area contributed by atoms with Crippen LogP contribution in [-0.2, 0) is 11.3 Å². The van der Waals surface area contributed by atoms with Gasteiger partial charge in [-0.25, -0.2) is 0 Å². The van der Waals surface area contributed by atoms with E-state index in [0.717, 1.165) is 28.9 Å². The van der Waals surface area contributed by atoms with Gasteiger partial charge in [0, 0.05) is 24.2 Å². The number of nitrogens with zero attached hydrogens (tertiary/aromatic N) is 1. The van der Waals surface area contributed by atoms with Gasteiger partial charge in [-0.3, -0.25) is 4.79 Å². The average molecular weight is 290 g/mol. The third kappa shape index (κ3) is 2.31. The molecule has 1 aromatic carbocycles. The predicted octanol–water partition coefficient (Wildman–Crippen LogP) is 2.47. The molecule has 1 saturated heterocycles. The third-order valence-electron chi connectivity index (χ3n) is 3.80. The van der Waals surface area contributed by atoms with Crippen LogP contribution in [0.2, 0.25) is 0 Å². The molecule has 1 amide bonds. The highest BCUT2D eigenvalue weighted by atomic mass is 32.2. The van der Waals surface area contributed by atoms with E-state index in [1.807, 2.05) is 24.4 Å². The maximum absolute atomic E-state index is 12.2. The molecular weight excluding hydrogens is 272 g/mol. The summed E-state index contributed by atoms with van der Waals surface area (Å²) < 4.78 is 2.13. The van der Waals surface area contributed by atoms with Crippen LogP contribution in [0.1, 0.15) is 13.3 Å². The van der Waals surface area contributed by atoms with Crippen LogP contribution >= 0.6 is 11.8 Å². The minimum absolute atomic E-state index is 0.295. The van der Waals surface area contributed by atoms with Crippen LogP contribution in [0.25, 0.3) is 10.9 Å². The van der Waals surface area contributed by atoms with E-state index >= 15 is 0 Å². The number of aryl methyl sites for hydroxylation is 1. The van der Waals surface area contributed by atoms with Crippen LogP contribution < -0.4 is 5.32 Å². The zero-order valence-corrected chi connectivity index (χ0v) is 12.2. The van der Waals surface area contributed by atoms with Gasteiger partial charge in [0.15, 0.2) is 5.60 Å². The molecule has 1 unspecified atom stereocenters. The van der Waals surface area contributed by atoms with Crippen LogP contribution in [-0.4, -0.2) is 32.7 Å². The molecule has 0 spiro atoms. The van der Waals surface area contributed by atoms with Crippen molar-refractivity contribution in [2.24, 2.45) is 0 Å². The summed E-state index contributed by atoms with van der Waals surface area (Å²) in [4.78, 5) is 12.2. The van der Waals surface area contributed by atoms with Gasteiger partial charge >= 0.3 is 0 Å². The first-order chi connectivity index (χ1) is 9.62. The smallest absolute Gasteiger partial charge is 0.257 e. The monoisotopic (exact) mass is 290 g/mol. The first kappa shape index (κ1) is 13.5. The molecule has 0 aliphatic carbocycles. The van der Waals surface area contributed by atoms with E-state index in [1.165, 1.54) is 0 Å². The largest absolute Gasteiger partial charge is 0.379 e. The summed E-state index contributed by atoms with van der Waals surface area (Å²) in [6.07, 6.45) is 2.56. The Morgan fingerprint density at radius 1 is 1.50 bits per heavy atom. The number of fused-ring (bicyclic) bond motifs is 1. The van der Waals surface area contributed by atoms with Gasteiger partial charge in [0.2, 0.25) is 0 Å². The van der Waals surface area contributed by atoms with Crippen molar-refractivity contribution in [1.82, 2.24) is 4.57 Å². The lowest BCUT2D eigenvalue weighted by atomic mass is 10.0. The average Bonchev–Trinajstić information content (AvgIpc) is 3.05. The summed E-state index contributed by atoms with van der Waals surface area (Å²) in [5.41, 5.74) is 0.617. The quantitative estimate of drug-likeness (QED) is 0.913. The van der Waals surface area contributed by atoms with E-state index in [-0.39, 0.29) is 5.91 Å². The van der Waals surface area contributed by atoms with Crippen molar-refractivity contribution in [2.45, 2.75) is 25.5 Å². The maximum atomic E-state index is 12.2. The van der Waals surface area contributed by atoms with Gasteiger partial charge in [-0.15, -0.1) is 0 Å². The summed E-state index contributed by atoms with van der Waals surface area (Å²) in [5.74, 6) is 1.02. The molecule has 0 saturated carbocycles. The molecule has 1 aliphatic rings. The Bertz CT molecular complexity index is 644. The van der Waals surface area contributed by atoms with Crippen LogP contribution in [0.15, 0.2) is 30.5 Å². The molecule has 3 rings (SSSR count). The molecule has 2 N–H and O–H groups in total. The molecule has 0 radical (unpaired) electrons. The van der Waals surface area contributed by atoms with E-state index in [0.29, 0.717) is 12.2 Å². The second-order valence-corrected chi connectivity index (χ2v) is 6.27. The number of nitrogens with one attached hydrogen (secondary N) is 1. The van der Waals surface area contributed by atoms with Crippen molar-refractivity contribution in [3.63, 3.8) is 0 Å². The second kappa shape index (κ2) is 5.14. The standard InChI is InChI=1S/C15H18N2O2S/c1-2-17-7-5-11-3-4-12(9-13(11)17)16-14(18)15(19)6-8-20-10-15/h3-5,7,9,19H,2,6,8,10H2,1H3,(H,16,18). The first-order valence-corrected chi connectivity index (χ1v) is 7.98. The summed E-state index contributed by atoms with van der Waals surface area (Å²) in [6.45, 7) is 2.98. The number of benzene rings is 1. The van der Waals surface area contributed by atoms with E-state index in [2.05, 4.69) is 22.9 Å². The lowest BCUT2D eigenvalue weighted by Gasteiger charge is -2.20. The highest BCUT2D eigenvalue weighted by Gasteiger charge is 2.39. The second-order valence-electron chi connectivity index (χ2n) is 5.16. The fourth-order valence-corrected chi connectivity index (χ4v) is 3.76. The van der Waals surface area contributed by atoms with Gasteiger partial charge in [-0.05, 0) is 42.7 Å². The van der Waals surface area contributed by atoms with Crippen molar-refractivity contribution in [3.8, 4) is 0 Å². The Hall–Kier alpha value is -1.46. The Kier molecular flexibility index (Phi) is 3.48. The van der Waals surface area contributed by atoms with Crippen molar-refractivity contribution < 1.29 is 9.90 Å². The number of hydrogen-bond donors (Lipinski definition) is 2. The molecule has 4 nitrogen and oxygen atoms in total. The van der Waals surface area contributed by atoms with Crippen LogP contribution in [0, 0.1) is 0 Å². The van der Waals surface area contributed by atoms with Gasteiger partial charge in [-0.1, -0.05) is 6.07 Å². The molecule has 1 fully saturated rings. The lowest BCUT2D eigenvalue weighted by molar-refractivity contribution is -0.131. The lowest BCUT2D eigenvalue weighted by Crippen LogP contribution is -2.42. The topological polar surface area (TPSA) is 54.3 Å². The van der Waals surface area contributed by atoms with Gasteiger partial charge in [0.05, 0.1) is 5.52 Å². The van der Waals surface area contributed by atoms with Crippen LogP contribution in [0.5, 0.6) is 0 Å². The summed E-state index contributed by atoms with van der Waals surface area (Å²) >= 11 is 1.61. The van der Waals surface area contributed by atoms with Crippen molar-refractivity contribution in [2.75, 3.05) is 16.8 Å². The zero-order valence-electron chi connectivity index (χ0n) is 11.4. The normalized spacial score (nSPS) is 22.3. The number of carbonyl (C=O) groups excluding carboxylic acids is 1. The van der Waals surface area contributed by atoms with Crippen LogP contribution in [0.4, 0.5) is 5.69 Å². The third-order valence-corrected chi connectivity index (χ3v) is 4.97. The fraction of sp³-hybridized carbons (Fsp3) is 0.400. The number of carbonyl (C=O) groups is 1. The Morgan fingerprint density at radius 3 is 3.05 bits per heavy atom. The molecule has 2 heterocycles. The van der Waals surface area contributed by atoms with Gasteiger partial charge in [-0.2, -0.15) is 11.8 Å². The van der Waals surface area contributed by atoms with E-state index in [4.69, 9.17) is 0 Å². The Balaban J connectivity index is 1.85. The molecule has 5 heteroatoms. The summed E-state index contributed by atoms with van der Waals surface area (Å²) in [7, 11) is 0. The minimum atomic E-state index is -1.22. The van der Waals surface area contributed by atoms with Gasteiger partial charge < -0.3 is 15.0 Å². The Labute approximate surface area is 122 Å². The highest BCUT2D eigenvalue weighted by Crippen LogP contribution is 2.29. The van der Waals surface area contributed by atoms with Gasteiger partial charge in [0.1, 0.15) is 0 Å². The van der Waals surface area contributed by atoms with E-state index in [9.17, 15) is 9.90 Å². The number of amides is 1. The molecule has 1 aromatic heterocycles. The highest BCUT2D eigenvalue weighted by molar-refractivity contribution is 7.99. The summed E-state index contributed by atoms with van der Waals surface area (Å²) in [5, 5.41) is 14.3. The number of hydrogen-bond acceptors (Lipinski definition) is 3. The molecule has 20 heavy (non-hydrogen) atoms. The molecule has 1 aliphatic heterocycles. The number of thioether (sulfide) groups is 1. The number of rotatable bonds is 3. The molecule has 2 aromatic rings. The van der Waals surface area contributed by atoms with Crippen molar-refractivity contribution >= 4 is 34.3 Å². The number of aromatic nitrogens is 1. The molecular formula is C15H18N2O2S. The summed E-state index contributed by atoms with van der Waals surface area (Å²) in [6, 6.07) is 7.89. The molecule has 1 atom stereocenters. The number of aliphatic hydroxyl groups is 1. The SMILES string of the molecule is CCn1ccc2ccc(NC(=O)C3(O)CCSC3)cc21. The van der Waals surface area contributed by atoms with Crippen LogP contribution in [0.3, 0.4) is 0 Å².